The number of carboxylic acid groups (broad SMARTS) is 1. The van der Waals surface area contributed by atoms with Gasteiger partial charge in [0.25, 0.3) is 23.8 Å². The van der Waals surface area contributed by atoms with Crippen LogP contribution in [0.3, 0.4) is 0 Å². The normalized spacial score (nSPS) is 13.2. The van der Waals surface area contributed by atoms with Crippen molar-refractivity contribution in [3.63, 3.8) is 0 Å². The Morgan fingerprint density at radius 3 is 2.44 bits per heavy atom. The molecule has 0 spiro atoms. The van der Waals surface area contributed by atoms with Crippen molar-refractivity contribution >= 4 is 35.0 Å². The van der Waals surface area contributed by atoms with E-state index in [0.717, 1.165) is 25.9 Å². The maximum absolute atomic E-state index is 13.3. The number of hydrogen-bond acceptors (Lipinski definition) is 9. The van der Waals surface area contributed by atoms with Crippen LogP contribution in [0.4, 0.5) is 10.2 Å². The van der Waals surface area contributed by atoms with Gasteiger partial charge in [-0.3, -0.25) is 28.7 Å². The number of fused-ring (bicyclic) bond motifs is 1. The van der Waals surface area contributed by atoms with Crippen LogP contribution in [0.15, 0.2) is 84.2 Å². The van der Waals surface area contributed by atoms with Crippen LogP contribution in [0.5, 0.6) is 11.5 Å². The molecule has 0 unspecified atom stereocenters. The number of nitrogens with one attached hydrogen (secondary N) is 2. The second kappa shape index (κ2) is 15.0. The molecule has 13 nitrogen and oxygen atoms in total. The van der Waals surface area contributed by atoms with Crippen molar-refractivity contribution < 1.29 is 28.6 Å². The van der Waals surface area contributed by atoms with Gasteiger partial charge in [0.05, 0.1) is 17.9 Å². The summed E-state index contributed by atoms with van der Waals surface area (Å²) in [4.78, 5) is 62.6. The van der Waals surface area contributed by atoms with Gasteiger partial charge in [-0.2, -0.15) is 0 Å². The van der Waals surface area contributed by atoms with E-state index in [9.17, 15) is 18.8 Å². The topological polar surface area (TPSA) is 169 Å². The van der Waals surface area contributed by atoms with Gasteiger partial charge < -0.3 is 25.4 Å². The van der Waals surface area contributed by atoms with Crippen molar-refractivity contribution in [2.45, 2.75) is 25.8 Å². The summed E-state index contributed by atoms with van der Waals surface area (Å²) in [5, 5.41) is 13.2. The summed E-state index contributed by atoms with van der Waals surface area (Å²) in [6.07, 6.45) is 7.87. The molecule has 5 aromatic rings. The highest BCUT2D eigenvalue weighted by Crippen LogP contribution is 2.31. The number of piperidine rings is 1. The lowest BCUT2D eigenvalue weighted by Crippen LogP contribution is -2.43. The molecule has 1 aliphatic heterocycles. The Morgan fingerprint density at radius 2 is 1.73 bits per heavy atom. The van der Waals surface area contributed by atoms with E-state index in [1.165, 1.54) is 47.3 Å². The Hall–Kier alpha value is -6.02. The summed E-state index contributed by atoms with van der Waals surface area (Å²) < 4.78 is 20.8. The van der Waals surface area contributed by atoms with E-state index in [0.29, 0.717) is 33.7 Å². The number of rotatable bonds is 7. The lowest BCUT2D eigenvalue weighted by Gasteiger charge is -2.29. The first-order valence-electron chi connectivity index (χ1n) is 14.9. The van der Waals surface area contributed by atoms with E-state index < -0.39 is 17.3 Å². The Bertz CT molecular complexity index is 2010. The molecular weight excluding hydrogens is 621 g/mol. The molecule has 1 fully saturated rings. The highest BCUT2D eigenvalue weighted by Gasteiger charge is 2.21. The molecule has 1 aromatic carbocycles. The zero-order valence-electron chi connectivity index (χ0n) is 26.1. The summed E-state index contributed by atoms with van der Waals surface area (Å²) in [5.41, 5.74) is 1.26. The van der Waals surface area contributed by atoms with Gasteiger partial charge in [0, 0.05) is 29.5 Å². The van der Waals surface area contributed by atoms with Crippen LogP contribution in [0.1, 0.15) is 39.3 Å². The first-order chi connectivity index (χ1) is 23.2. The molecule has 48 heavy (non-hydrogen) atoms. The number of benzene rings is 1. The van der Waals surface area contributed by atoms with Gasteiger partial charge in [0.1, 0.15) is 34.4 Å². The van der Waals surface area contributed by atoms with E-state index in [-0.39, 0.29) is 35.5 Å². The van der Waals surface area contributed by atoms with Crippen LogP contribution in [-0.2, 0) is 4.79 Å². The minimum absolute atomic E-state index is 0.0984. The maximum atomic E-state index is 13.3. The lowest BCUT2D eigenvalue weighted by atomic mass is 10.1. The minimum Gasteiger partial charge on any atom is -0.483 e. The molecular formula is C34H32FN7O6. The second-order valence-electron chi connectivity index (χ2n) is 11.0. The van der Waals surface area contributed by atoms with Crippen molar-refractivity contribution in [2.75, 3.05) is 25.5 Å². The minimum atomic E-state index is -0.643. The fourth-order valence-electron chi connectivity index (χ4n) is 5.14. The summed E-state index contributed by atoms with van der Waals surface area (Å²) >= 11 is 0. The third-order valence-corrected chi connectivity index (χ3v) is 7.70. The molecule has 5 heterocycles. The number of aromatic nitrogens is 4. The molecule has 0 aliphatic carbocycles. The SMILES string of the molecule is Cc1cc(NC(=O)c2cccn(-c3ccc(F)cc3)c2=O)ncc1Oc1ccnc2cnc(C(=O)NC3CCN(C)CC3)cc12.O=CO. The van der Waals surface area contributed by atoms with E-state index in [4.69, 9.17) is 14.6 Å². The van der Waals surface area contributed by atoms with Gasteiger partial charge in [-0.1, -0.05) is 0 Å². The summed E-state index contributed by atoms with van der Waals surface area (Å²) in [6.45, 7) is 3.40. The third kappa shape index (κ3) is 7.85. The van der Waals surface area contributed by atoms with Crippen LogP contribution >= 0.6 is 0 Å². The van der Waals surface area contributed by atoms with Gasteiger partial charge in [0.15, 0.2) is 0 Å². The van der Waals surface area contributed by atoms with Crippen molar-refractivity contribution in [3.8, 4) is 17.2 Å². The monoisotopic (exact) mass is 653 g/mol. The molecule has 1 saturated heterocycles. The number of carbonyl (C=O) groups excluding carboxylic acids is 2. The summed E-state index contributed by atoms with van der Waals surface area (Å²) in [7, 11) is 2.07. The average molecular weight is 654 g/mol. The van der Waals surface area contributed by atoms with Crippen molar-refractivity contribution in [1.29, 1.82) is 0 Å². The molecule has 4 aromatic heterocycles. The van der Waals surface area contributed by atoms with Crippen molar-refractivity contribution in [1.82, 2.24) is 29.7 Å². The molecule has 2 amide bonds. The molecule has 246 valence electrons. The van der Waals surface area contributed by atoms with Gasteiger partial charge in [-0.15, -0.1) is 0 Å². The van der Waals surface area contributed by atoms with Crippen LogP contribution < -0.4 is 20.9 Å². The maximum Gasteiger partial charge on any atom is 0.290 e. The Morgan fingerprint density at radius 1 is 1.00 bits per heavy atom. The first-order valence-corrected chi connectivity index (χ1v) is 14.9. The Balaban J connectivity index is 0.00000145. The number of aryl methyl sites for hydroxylation is 1. The van der Waals surface area contributed by atoms with Gasteiger partial charge in [0.2, 0.25) is 0 Å². The highest BCUT2D eigenvalue weighted by atomic mass is 19.1. The molecule has 14 heteroatoms. The molecule has 0 atom stereocenters. The van der Waals surface area contributed by atoms with Crippen LogP contribution in [0, 0.1) is 12.7 Å². The van der Waals surface area contributed by atoms with E-state index in [2.05, 4.69) is 37.5 Å². The number of amides is 2. The number of anilines is 1. The number of pyridine rings is 4. The molecule has 0 radical (unpaired) electrons. The van der Waals surface area contributed by atoms with Crippen molar-refractivity contribution in [3.05, 3.63) is 112 Å². The van der Waals surface area contributed by atoms with Crippen LogP contribution in [0.25, 0.3) is 16.6 Å². The predicted octanol–water partition coefficient (Wildman–Crippen LogP) is 4.19. The standard InChI is InChI=1S/C33H30FN7O4.CH2O2/c1-20-16-30(39-31(42)24-4-3-13-41(33(24)44)23-7-5-21(34)6-8-23)37-19-29(20)45-28-9-12-35-27-18-36-26(17-25(27)28)32(43)38-22-10-14-40(2)15-11-22;2-1-3/h3-9,12-13,16-19,22H,10-11,14-15H2,1-2H3,(H,38,43)(H,37,39,42);1H,(H,2,3). The van der Waals surface area contributed by atoms with Gasteiger partial charge in [-0.25, -0.2) is 14.4 Å². The number of likely N-dealkylation sites (tertiary alicyclic amines) is 1. The number of nitrogens with zero attached hydrogens (tertiary/aromatic N) is 5. The predicted molar refractivity (Wildman–Crippen MR) is 175 cm³/mol. The summed E-state index contributed by atoms with van der Waals surface area (Å²) in [5.74, 6) is -0.217. The molecule has 1 aliphatic rings. The fourth-order valence-corrected chi connectivity index (χ4v) is 5.14. The molecule has 0 bridgehead atoms. The molecule has 3 N–H and O–H groups in total. The third-order valence-electron chi connectivity index (χ3n) is 7.70. The zero-order valence-corrected chi connectivity index (χ0v) is 26.1. The number of hydrogen-bond donors (Lipinski definition) is 3. The Labute approximate surface area is 274 Å². The smallest absolute Gasteiger partial charge is 0.290 e. The quantitative estimate of drug-likeness (QED) is 0.217. The average Bonchev–Trinajstić information content (AvgIpc) is 3.08. The summed E-state index contributed by atoms with van der Waals surface area (Å²) in [6, 6.07) is 13.4. The second-order valence-corrected chi connectivity index (χ2v) is 11.0. The van der Waals surface area contributed by atoms with Crippen LogP contribution in [-0.4, -0.2) is 74.0 Å². The van der Waals surface area contributed by atoms with Gasteiger partial charge >= 0.3 is 0 Å². The molecule has 0 saturated carbocycles. The Kier molecular flexibility index (Phi) is 10.5. The number of carbonyl (C=O) groups is 3. The van der Waals surface area contributed by atoms with Crippen molar-refractivity contribution in [2.24, 2.45) is 0 Å². The fraction of sp³-hybridized carbons (Fsp3) is 0.206. The lowest BCUT2D eigenvalue weighted by molar-refractivity contribution is -0.122. The largest absolute Gasteiger partial charge is 0.483 e. The van der Waals surface area contributed by atoms with Gasteiger partial charge in [-0.05, 0) is 100 Å². The highest BCUT2D eigenvalue weighted by molar-refractivity contribution is 6.03. The number of ether oxygens (including phenoxy) is 1. The van der Waals surface area contributed by atoms with Crippen LogP contribution in [0.2, 0.25) is 0 Å². The van der Waals surface area contributed by atoms with E-state index in [1.54, 1.807) is 43.6 Å². The van der Waals surface area contributed by atoms with E-state index in [1.807, 2.05) is 0 Å². The zero-order chi connectivity index (χ0) is 34.2. The molecule has 6 rings (SSSR count). The van der Waals surface area contributed by atoms with E-state index >= 15 is 0 Å². The number of halogens is 1. The first kappa shape index (κ1) is 33.3.